The summed E-state index contributed by atoms with van der Waals surface area (Å²) in [5, 5.41) is 6.90. The smallest absolute Gasteiger partial charge is 0.241 e. The predicted octanol–water partition coefficient (Wildman–Crippen LogP) is 4.06. The molecular formula is C30H40N4O2. The molecule has 2 saturated heterocycles. The fourth-order valence-corrected chi connectivity index (χ4v) is 6.02. The van der Waals surface area contributed by atoms with E-state index < -0.39 is 0 Å². The maximum atomic E-state index is 13.5. The van der Waals surface area contributed by atoms with Crippen LogP contribution in [0.4, 0.5) is 5.69 Å². The van der Waals surface area contributed by atoms with E-state index in [9.17, 15) is 9.59 Å². The van der Waals surface area contributed by atoms with E-state index in [0.29, 0.717) is 19.6 Å². The molecule has 2 aromatic carbocycles. The molecule has 0 spiro atoms. The SMILES string of the molecule is Cc1ccccc1N1CC(C)(C)N([C@H]2CNC[C@@H](C(=O)N[C@H](CC3CC3)c3ccccc3)C2)CC1=O. The topological polar surface area (TPSA) is 64.7 Å². The maximum absolute atomic E-state index is 13.5. The Balaban J connectivity index is 1.26. The van der Waals surface area contributed by atoms with Gasteiger partial charge in [0.05, 0.1) is 18.5 Å². The molecule has 1 saturated carbocycles. The van der Waals surface area contributed by atoms with E-state index in [-0.39, 0.29) is 35.4 Å². The Kier molecular flexibility index (Phi) is 7.18. The molecule has 6 nitrogen and oxygen atoms in total. The van der Waals surface area contributed by atoms with E-state index in [4.69, 9.17) is 0 Å². The highest BCUT2D eigenvalue weighted by molar-refractivity contribution is 5.96. The summed E-state index contributed by atoms with van der Waals surface area (Å²) in [5.74, 6) is 0.881. The number of piperidine rings is 1. The molecular weight excluding hydrogens is 448 g/mol. The second-order valence-electron chi connectivity index (χ2n) is 11.6. The average molecular weight is 489 g/mol. The van der Waals surface area contributed by atoms with Crippen LogP contribution < -0.4 is 15.5 Å². The molecule has 3 fully saturated rings. The van der Waals surface area contributed by atoms with Crippen LogP contribution in [-0.2, 0) is 9.59 Å². The number of amides is 2. The van der Waals surface area contributed by atoms with Crippen LogP contribution in [0.25, 0.3) is 0 Å². The minimum absolute atomic E-state index is 0.0715. The summed E-state index contributed by atoms with van der Waals surface area (Å²) < 4.78 is 0. The zero-order chi connectivity index (χ0) is 25.3. The van der Waals surface area contributed by atoms with Gasteiger partial charge in [0.2, 0.25) is 11.8 Å². The largest absolute Gasteiger partial charge is 0.349 e. The zero-order valence-corrected chi connectivity index (χ0v) is 21.9. The average Bonchev–Trinajstić information content (AvgIpc) is 3.70. The molecule has 0 bridgehead atoms. The van der Waals surface area contributed by atoms with Gasteiger partial charge in [-0.25, -0.2) is 0 Å². The summed E-state index contributed by atoms with van der Waals surface area (Å²) >= 11 is 0. The summed E-state index contributed by atoms with van der Waals surface area (Å²) in [7, 11) is 0. The molecule has 3 atom stereocenters. The standard InChI is InChI=1S/C30H40N4O2/c1-21-9-7-8-12-27(21)33-20-30(2,3)34(19-28(33)35)25-16-24(17-31-18-25)29(36)32-26(15-22-13-14-22)23-10-5-4-6-11-23/h4-12,22,24-26,31H,13-20H2,1-3H3,(H,32,36)/t24-,25+,26+/m0/s1. The van der Waals surface area contributed by atoms with Crippen LogP contribution in [0.15, 0.2) is 54.6 Å². The van der Waals surface area contributed by atoms with E-state index in [1.807, 2.05) is 29.2 Å². The fraction of sp³-hybridized carbons (Fsp3) is 0.533. The molecule has 1 aliphatic carbocycles. The Morgan fingerprint density at radius 1 is 1.08 bits per heavy atom. The first-order valence-electron chi connectivity index (χ1n) is 13.5. The number of piperazine rings is 1. The van der Waals surface area contributed by atoms with Gasteiger partial charge in [0, 0.05) is 36.9 Å². The van der Waals surface area contributed by atoms with Gasteiger partial charge >= 0.3 is 0 Å². The van der Waals surface area contributed by atoms with E-state index in [2.05, 4.69) is 66.6 Å². The third-order valence-electron chi connectivity index (χ3n) is 8.26. The van der Waals surface area contributed by atoms with E-state index in [1.54, 1.807) is 0 Å². The number of carbonyl (C=O) groups excluding carboxylic acids is 2. The van der Waals surface area contributed by atoms with Crippen LogP contribution >= 0.6 is 0 Å². The second-order valence-corrected chi connectivity index (χ2v) is 11.6. The monoisotopic (exact) mass is 488 g/mol. The van der Waals surface area contributed by atoms with Crippen LogP contribution in [0.1, 0.15) is 56.7 Å². The van der Waals surface area contributed by atoms with Crippen molar-refractivity contribution < 1.29 is 9.59 Å². The molecule has 2 aromatic rings. The Hall–Kier alpha value is -2.70. The molecule has 2 heterocycles. The molecule has 5 rings (SSSR count). The quantitative estimate of drug-likeness (QED) is 0.617. The normalized spacial score (nSPS) is 25.4. The van der Waals surface area contributed by atoms with Crippen molar-refractivity contribution in [2.45, 2.75) is 64.1 Å². The summed E-state index contributed by atoms with van der Waals surface area (Å²) in [6.07, 6.45) is 4.32. The van der Waals surface area contributed by atoms with Gasteiger partial charge in [-0.1, -0.05) is 61.4 Å². The van der Waals surface area contributed by atoms with Gasteiger partial charge < -0.3 is 15.5 Å². The molecule has 0 aromatic heterocycles. The Bertz CT molecular complexity index is 1080. The van der Waals surface area contributed by atoms with Crippen molar-refractivity contribution in [3.05, 3.63) is 65.7 Å². The van der Waals surface area contributed by atoms with Crippen LogP contribution in [0.3, 0.4) is 0 Å². The van der Waals surface area contributed by atoms with Crippen LogP contribution in [0, 0.1) is 18.8 Å². The summed E-state index contributed by atoms with van der Waals surface area (Å²) in [6, 6.07) is 18.7. The molecule has 36 heavy (non-hydrogen) atoms. The molecule has 2 aliphatic heterocycles. The molecule has 2 amide bonds. The lowest BCUT2D eigenvalue weighted by molar-refractivity contribution is -0.129. The molecule has 0 radical (unpaired) electrons. The number of rotatable bonds is 7. The van der Waals surface area contributed by atoms with Crippen molar-refractivity contribution >= 4 is 17.5 Å². The van der Waals surface area contributed by atoms with Gasteiger partial charge in [-0.15, -0.1) is 0 Å². The highest BCUT2D eigenvalue weighted by atomic mass is 16.2. The Morgan fingerprint density at radius 2 is 1.81 bits per heavy atom. The highest BCUT2D eigenvalue weighted by Crippen LogP contribution is 2.38. The molecule has 0 unspecified atom stereocenters. The second kappa shape index (κ2) is 10.3. The van der Waals surface area contributed by atoms with Gasteiger partial charge in [0.15, 0.2) is 0 Å². The van der Waals surface area contributed by atoms with E-state index >= 15 is 0 Å². The number of nitrogens with zero attached hydrogens (tertiary/aromatic N) is 2. The zero-order valence-electron chi connectivity index (χ0n) is 21.9. The van der Waals surface area contributed by atoms with Crippen LogP contribution in [0.2, 0.25) is 0 Å². The molecule has 3 aliphatic rings. The van der Waals surface area contributed by atoms with E-state index in [1.165, 1.54) is 18.4 Å². The first kappa shape index (κ1) is 25.0. The Morgan fingerprint density at radius 3 is 2.53 bits per heavy atom. The number of hydrogen-bond donors (Lipinski definition) is 2. The Labute approximate surface area is 215 Å². The van der Waals surface area contributed by atoms with Crippen molar-refractivity contribution in [1.29, 1.82) is 0 Å². The lowest BCUT2D eigenvalue weighted by Gasteiger charge is -2.51. The molecule has 192 valence electrons. The van der Waals surface area contributed by atoms with Gasteiger partial charge in [-0.2, -0.15) is 0 Å². The van der Waals surface area contributed by atoms with Crippen molar-refractivity contribution in [2.75, 3.05) is 31.1 Å². The number of anilines is 1. The number of hydrogen-bond acceptors (Lipinski definition) is 4. The third-order valence-corrected chi connectivity index (χ3v) is 8.26. The van der Waals surface area contributed by atoms with Crippen molar-refractivity contribution in [1.82, 2.24) is 15.5 Å². The molecule has 6 heteroatoms. The molecule has 2 N–H and O–H groups in total. The third kappa shape index (κ3) is 5.50. The van der Waals surface area contributed by atoms with Gasteiger partial charge in [0.1, 0.15) is 0 Å². The van der Waals surface area contributed by atoms with Gasteiger partial charge in [-0.05, 0) is 56.7 Å². The van der Waals surface area contributed by atoms with Crippen molar-refractivity contribution in [3.8, 4) is 0 Å². The van der Waals surface area contributed by atoms with Crippen molar-refractivity contribution in [2.24, 2.45) is 11.8 Å². The lowest BCUT2D eigenvalue weighted by atomic mass is 9.88. The lowest BCUT2D eigenvalue weighted by Crippen LogP contribution is -2.67. The summed E-state index contributed by atoms with van der Waals surface area (Å²) in [4.78, 5) is 31.0. The van der Waals surface area contributed by atoms with E-state index in [0.717, 1.165) is 36.6 Å². The number of para-hydroxylation sites is 1. The van der Waals surface area contributed by atoms with Crippen LogP contribution in [-0.4, -0.2) is 54.5 Å². The van der Waals surface area contributed by atoms with Gasteiger partial charge in [-0.3, -0.25) is 14.5 Å². The predicted molar refractivity (Wildman–Crippen MR) is 144 cm³/mol. The number of aryl methyl sites for hydroxylation is 1. The first-order chi connectivity index (χ1) is 17.3. The number of benzene rings is 2. The highest BCUT2D eigenvalue weighted by Gasteiger charge is 2.44. The summed E-state index contributed by atoms with van der Waals surface area (Å²) in [6.45, 7) is 8.99. The minimum atomic E-state index is -0.195. The first-order valence-corrected chi connectivity index (χ1v) is 13.5. The fourth-order valence-electron chi connectivity index (χ4n) is 6.02. The van der Waals surface area contributed by atoms with Crippen molar-refractivity contribution in [3.63, 3.8) is 0 Å². The number of carbonyl (C=O) groups is 2. The number of nitrogens with one attached hydrogen (secondary N) is 2. The summed E-state index contributed by atoms with van der Waals surface area (Å²) in [5.41, 5.74) is 3.11. The minimum Gasteiger partial charge on any atom is -0.349 e. The van der Waals surface area contributed by atoms with Gasteiger partial charge in [0.25, 0.3) is 0 Å². The van der Waals surface area contributed by atoms with Crippen LogP contribution in [0.5, 0.6) is 0 Å². The maximum Gasteiger partial charge on any atom is 0.241 e.